The fraction of sp³-hybridized carbons (Fsp3) is 0.667. The predicted octanol–water partition coefficient (Wildman–Crippen LogP) is 5.03. The third kappa shape index (κ3) is 13.3. The lowest BCUT2D eigenvalue weighted by atomic mass is 10.1. The second-order valence-electron chi connectivity index (χ2n) is 8.35. The number of urea groups is 1. The first-order chi connectivity index (χ1) is 16.0. The van der Waals surface area contributed by atoms with E-state index in [-0.39, 0.29) is 31.5 Å². The van der Waals surface area contributed by atoms with Gasteiger partial charge >= 0.3 is 18.2 Å². The SMILES string of the molecule is CCOC(Cc1ccc(OCCN(CCCCCCC(F)(F)F)C(=O)NC(C)C)cc1)C(=O)O. The maximum atomic E-state index is 12.5. The van der Waals surface area contributed by atoms with Gasteiger partial charge in [0.25, 0.3) is 0 Å². The molecule has 0 bridgehead atoms. The van der Waals surface area contributed by atoms with Crippen LogP contribution in [0.25, 0.3) is 0 Å². The van der Waals surface area contributed by atoms with Crippen molar-refractivity contribution in [2.75, 3.05) is 26.3 Å². The van der Waals surface area contributed by atoms with Gasteiger partial charge in [0.15, 0.2) is 6.10 Å². The second-order valence-corrected chi connectivity index (χ2v) is 8.35. The zero-order valence-electron chi connectivity index (χ0n) is 20.2. The van der Waals surface area contributed by atoms with Crippen molar-refractivity contribution in [3.05, 3.63) is 29.8 Å². The molecule has 1 rings (SSSR count). The van der Waals surface area contributed by atoms with Crippen LogP contribution in [0.5, 0.6) is 5.75 Å². The Labute approximate surface area is 199 Å². The number of nitrogens with one attached hydrogen (secondary N) is 1. The summed E-state index contributed by atoms with van der Waals surface area (Å²) >= 11 is 0. The van der Waals surface area contributed by atoms with Crippen LogP contribution < -0.4 is 10.1 Å². The number of rotatable bonds is 16. The molecule has 0 radical (unpaired) electrons. The molecule has 2 N–H and O–H groups in total. The number of hydrogen-bond donors (Lipinski definition) is 2. The third-order valence-electron chi connectivity index (χ3n) is 4.96. The van der Waals surface area contributed by atoms with Gasteiger partial charge in [0.2, 0.25) is 0 Å². The third-order valence-corrected chi connectivity index (χ3v) is 4.96. The van der Waals surface area contributed by atoms with E-state index in [2.05, 4.69) is 5.32 Å². The van der Waals surface area contributed by atoms with E-state index in [0.29, 0.717) is 44.7 Å². The standard InChI is InChI=1S/C24H37F3N2O5/c1-4-33-21(22(30)31)17-19-9-11-20(12-10-19)34-16-15-29(23(32)28-18(2)3)14-8-6-5-7-13-24(25,26)27/h9-12,18,21H,4-8,13-17H2,1-3H3,(H,28,32)(H,30,31). The highest BCUT2D eigenvalue weighted by molar-refractivity contribution is 5.74. The summed E-state index contributed by atoms with van der Waals surface area (Å²) in [5.41, 5.74) is 0.802. The zero-order chi connectivity index (χ0) is 25.6. The Kier molecular flexibility index (Phi) is 13.4. The van der Waals surface area contributed by atoms with E-state index in [4.69, 9.17) is 9.47 Å². The van der Waals surface area contributed by atoms with Gasteiger partial charge in [-0.05, 0) is 51.3 Å². The van der Waals surface area contributed by atoms with Crippen LogP contribution in [0.15, 0.2) is 24.3 Å². The monoisotopic (exact) mass is 490 g/mol. The molecule has 194 valence electrons. The molecule has 0 aromatic heterocycles. The molecule has 0 aliphatic rings. The lowest BCUT2D eigenvalue weighted by molar-refractivity contribution is -0.150. The number of nitrogens with zero attached hydrogens (tertiary/aromatic N) is 1. The van der Waals surface area contributed by atoms with Crippen LogP contribution in [0, 0.1) is 0 Å². The summed E-state index contributed by atoms with van der Waals surface area (Å²) in [4.78, 5) is 25.3. The minimum absolute atomic E-state index is 0.0402. The molecule has 1 atom stereocenters. The average molecular weight is 491 g/mol. The minimum atomic E-state index is -4.13. The van der Waals surface area contributed by atoms with Gasteiger partial charge in [0, 0.05) is 32.0 Å². The first-order valence-corrected chi connectivity index (χ1v) is 11.7. The van der Waals surface area contributed by atoms with Crippen molar-refractivity contribution in [2.24, 2.45) is 0 Å². The van der Waals surface area contributed by atoms with Crippen LogP contribution >= 0.6 is 0 Å². The first-order valence-electron chi connectivity index (χ1n) is 11.7. The van der Waals surface area contributed by atoms with Crippen LogP contribution in [0.2, 0.25) is 0 Å². The molecule has 1 aromatic rings. The highest BCUT2D eigenvalue weighted by Gasteiger charge is 2.25. The predicted molar refractivity (Wildman–Crippen MR) is 123 cm³/mol. The Hall–Kier alpha value is -2.49. The Morgan fingerprint density at radius 3 is 2.26 bits per heavy atom. The van der Waals surface area contributed by atoms with E-state index in [9.17, 15) is 27.9 Å². The lowest BCUT2D eigenvalue weighted by Crippen LogP contribution is -2.45. The number of carboxylic acid groups (broad SMARTS) is 1. The fourth-order valence-corrected chi connectivity index (χ4v) is 3.26. The van der Waals surface area contributed by atoms with E-state index in [1.165, 1.54) is 0 Å². The summed E-state index contributed by atoms with van der Waals surface area (Å²) in [5, 5.41) is 12.0. The van der Waals surface area contributed by atoms with Gasteiger partial charge < -0.3 is 24.8 Å². The number of unbranched alkanes of at least 4 members (excludes halogenated alkanes) is 3. The van der Waals surface area contributed by atoms with Crippen LogP contribution in [-0.4, -0.2) is 66.6 Å². The van der Waals surface area contributed by atoms with Crippen molar-refractivity contribution >= 4 is 12.0 Å². The number of carbonyl (C=O) groups excluding carboxylic acids is 1. The number of carbonyl (C=O) groups is 2. The number of carboxylic acids is 1. The molecular formula is C24H37F3N2O5. The second kappa shape index (κ2) is 15.4. The molecule has 0 saturated heterocycles. The van der Waals surface area contributed by atoms with Gasteiger partial charge in [-0.25, -0.2) is 9.59 Å². The van der Waals surface area contributed by atoms with E-state index >= 15 is 0 Å². The van der Waals surface area contributed by atoms with Gasteiger partial charge in [0.1, 0.15) is 12.4 Å². The summed E-state index contributed by atoms with van der Waals surface area (Å²) in [7, 11) is 0. The van der Waals surface area contributed by atoms with Crippen molar-refractivity contribution < 1.29 is 37.3 Å². The number of hydrogen-bond acceptors (Lipinski definition) is 4. The average Bonchev–Trinajstić information content (AvgIpc) is 2.74. The molecular weight excluding hydrogens is 453 g/mol. The number of aliphatic carboxylic acids is 1. The van der Waals surface area contributed by atoms with Crippen molar-refractivity contribution in [1.29, 1.82) is 0 Å². The Morgan fingerprint density at radius 1 is 1.06 bits per heavy atom. The molecule has 0 aliphatic carbocycles. The van der Waals surface area contributed by atoms with E-state index in [1.807, 2.05) is 13.8 Å². The number of ether oxygens (including phenoxy) is 2. The number of halogens is 3. The molecule has 1 aromatic carbocycles. The number of alkyl halides is 3. The molecule has 34 heavy (non-hydrogen) atoms. The topological polar surface area (TPSA) is 88.1 Å². The Balaban J connectivity index is 2.50. The van der Waals surface area contributed by atoms with Crippen molar-refractivity contribution in [3.63, 3.8) is 0 Å². The normalized spacial score (nSPS) is 12.4. The minimum Gasteiger partial charge on any atom is -0.492 e. The van der Waals surface area contributed by atoms with Crippen LogP contribution in [0.1, 0.15) is 58.4 Å². The quantitative estimate of drug-likeness (QED) is 0.317. The Bertz CT molecular complexity index is 726. The Morgan fingerprint density at radius 2 is 1.71 bits per heavy atom. The fourth-order valence-electron chi connectivity index (χ4n) is 3.26. The summed E-state index contributed by atoms with van der Waals surface area (Å²) < 4.78 is 47.7. The highest BCUT2D eigenvalue weighted by atomic mass is 19.4. The number of amides is 2. The molecule has 0 aliphatic heterocycles. The van der Waals surface area contributed by atoms with Gasteiger partial charge in [0.05, 0.1) is 6.54 Å². The maximum Gasteiger partial charge on any atom is 0.389 e. The molecule has 0 heterocycles. The van der Waals surface area contributed by atoms with E-state index < -0.39 is 24.7 Å². The summed E-state index contributed by atoms with van der Waals surface area (Å²) in [6.07, 6.45) is -3.77. The van der Waals surface area contributed by atoms with Gasteiger partial charge in [-0.3, -0.25) is 0 Å². The van der Waals surface area contributed by atoms with Crippen LogP contribution in [0.4, 0.5) is 18.0 Å². The molecule has 1 unspecified atom stereocenters. The number of benzene rings is 1. The largest absolute Gasteiger partial charge is 0.492 e. The lowest BCUT2D eigenvalue weighted by Gasteiger charge is -2.24. The smallest absolute Gasteiger partial charge is 0.389 e. The van der Waals surface area contributed by atoms with Crippen LogP contribution in [0.3, 0.4) is 0 Å². The van der Waals surface area contributed by atoms with E-state index in [0.717, 1.165) is 5.56 Å². The zero-order valence-corrected chi connectivity index (χ0v) is 20.2. The van der Waals surface area contributed by atoms with Crippen molar-refractivity contribution in [1.82, 2.24) is 10.2 Å². The van der Waals surface area contributed by atoms with Gasteiger partial charge in [-0.15, -0.1) is 0 Å². The van der Waals surface area contributed by atoms with Crippen molar-refractivity contribution in [3.8, 4) is 5.75 Å². The molecule has 0 fully saturated rings. The van der Waals surface area contributed by atoms with Gasteiger partial charge in [-0.1, -0.05) is 25.0 Å². The van der Waals surface area contributed by atoms with Gasteiger partial charge in [-0.2, -0.15) is 13.2 Å². The molecule has 2 amide bonds. The molecule has 0 spiro atoms. The molecule has 10 heteroatoms. The van der Waals surface area contributed by atoms with Crippen molar-refractivity contribution in [2.45, 2.75) is 77.6 Å². The first kappa shape index (κ1) is 29.5. The summed E-state index contributed by atoms with van der Waals surface area (Å²) in [6, 6.07) is 6.74. The van der Waals surface area contributed by atoms with Crippen LogP contribution in [-0.2, 0) is 16.0 Å². The summed E-state index contributed by atoms with van der Waals surface area (Å²) in [6.45, 7) is 6.76. The summed E-state index contributed by atoms with van der Waals surface area (Å²) in [5.74, 6) is -0.425. The van der Waals surface area contributed by atoms with E-state index in [1.54, 1.807) is 36.1 Å². The highest BCUT2D eigenvalue weighted by Crippen LogP contribution is 2.23. The molecule has 7 nitrogen and oxygen atoms in total. The maximum absolute atomic E-state index is 12.5. The molecule has 0 saturated carbocycles.